The summed E-state index contributed by atoms with van der Waals surface area (Å²) in [5.74, 6) is 0.0650. The zero-order chi connectivity index (χ0) is 22.3. The van der Waals surface area contributed by atoms with Gasteiger partial charge in [0.1, 0.15) is 11.4 Å². The summed E-state index contributed by atoms with van der Waals surface area (Å²) in [6, 6.07) is 6.01. The van der Waals surface area contributed by atoms with Gasteiger partial charge in [-0.15, -0.1) is 0 Å². The van der Waals surface area contributed by atoms with Crippen LogP contribution < -0.4 is 37.3 Å². The van der Waals surface area contributed by atoms with E-state index in [1.54, 1.807) is 18.2 Å². The minimum absolute atomic E-state index is 0.0834. The van der Waals surface area contributed by atoms with Crippen molar-refractivity contribution in [2.45, 2.75) is 6.54 Å². The quantitative estimate of drug-likeness (QED) is 0.541. The molecule has 2 aromatic heterocycles. The summed E-state index contributed by atoms with van der Waals surface area (Å²) >= 11 is 0. The highest BCUT2D eigenvalue weighted by molar-refractivity contribution is 6.03. The van der Waals surface area contributed by atoms with Gasteiger partial charge in [-0.1, -0.05) is 6.07 Å². The van der Waals surface area contributed by atoms with Gasteiger partial charge in [0.2, 0.25) is 6.79 Å². The van der Waals surface area contributed by atoms with E-state index in [0.717, 1.165) is 26.0 Å². The molecule has 0 fully saturated rings. The van der Waals surface area contributed by atoms with E-state index in [0.29, 0.717) is 17.1 Å². The van der Waals surface area contributed by atoms with Crippen molar-refractivity contribution in [1.29, 1.82) is 0 Å². The summed E-state index contributed by atoms with van der Waals surface area (Å²) in [5, 5.41) is 2.36. The SMILES string of the molecule is Cn1c(NC(=O)c2c[nH]c(=O)n(Cc3ccc4c(c3)OCO4)c2=O)cc(=O)n(C)c1=O. The molecule has 1 amide bonds. The van der Waals surface area contributed by atoms with E-state index in [9.17, 15) is 24.0 Å². The van der Waals surface area contributed by atoms with Crippen molar-refractivity contribution in [3.63, 3.8) is 0 Å². The molecule has 3 heterocycles. The first kappa shape index (κ1) is 19.9. The summed E-state index contributed by atoms with van der Waals surface area (Å²) in [6.45, 7) is -0.0314. The van der Waals surface area contributed by atoms with Crippen LogP contribution in [0, 0.1) is 0 Å². The predicted octanol–water partition coefficient (Wildman–Crippen LogP) is -1.04. The lowest BCUT2D eigenvalue weighted by Gasteiger charge is -2.11. The third kappa shape index (κ3) is 3.54. The normalized spacial score (nSPS) is 12.1. The molecule has 1 aliphatic rings. The molecular formula is C19H17N5O7. The minimum atomic E-state index is -0.885. The lowest BCUT2D eigenvalue weighted by atomic mass is 10.2. The molecule has 1 aromatic carbocycles. The molecule has 0 unspecified atom stereocenters. The Balaban J connectivity index is 1.67. The van der Waals surface area contributed by atoms with Gasteiger partial charge in [-0.3, -0.25) is 28.1 Å². The van der Waals surface area contributed by atoms with Crippen molar-refractivity contribution in [2.24, 2.45) is 14.1 Å². The second-order valence-electron chi connectivity index (χ2n) is 6.81. The lowest BCUT2D eigenvalue weighted by molar-refractivity contribution is 0.102. The number of benzene rings is 1. The zero-order valence-corrected chi connectivity index (χ0v) is 16.5. The number of hydrogen-bond acceptors (Lipinski definition) is 7. The Morgan fingerprint density at radius 3 is 2.58 bits per heavy atom. The van der Waals surface area contributed by atoms with Gasteiger partial charge >= 0.3 is 11.4 Å². The van der Waals surface area contributed by atoms with Crippen molar-refractivity contribution in [3.05, 3.63) is 83.3 Å². The van der Waals surface area contributed by atoms with Crippen LogP contribution in [0.4, 0.5) is 5.82 Å². The van der Waals surface area contributed by atoms with Crippen LogP contribution in [-0.4, -0.2) is 31.4 Å². The topological polar surface area (TPSA) is 146 Å². The molecule has 4 rings (SSSR count). The van der Waals surface area contributed by atoms with Crippen LogP contribution in [-0.2, 0) is 20.6 Å². The van der Waals surface area contributed by atoms with Gasteiger partial charge in [-0.25, -0.2) is 9.59 Å². The van der Waals surface area contributed by atoms with Crippen LogP contribution in [0.1, 0.15) is 15.9 Å². The van der Waals surface area contributed by atoms with E-state index in [2.05, 4.69) is 10.3 Å². The summed E-state index contributed by atoms with van der Waals surface area (Å²) in [5.41, 5.74) is -2.60. The van der Waals surface area contributed by atoms with E-state index in [1.165, 1.54) is 14.1 Å². The number of nitrogens with one attached hydrogen (secondary N) is 2. The molecule has 0 aliphatic carbocycles. The van der Waals surface area contributed by atoms with E-state index >= 15 is 0 Å². The van der Waals surface area contributed by atoms with E-state index in [4.69, 9.17) is 9.47 Å². The maximum atomic E-state index is 12.8. The summed E-state index contributed by atoms with van der Waals surface area (Å²) in [4.78, 5) is 63.9. The molecule has 0 saturated carbocycles. The van der Waals surface area contributed by atoms with Gasteiger partial charge in [0.15, 0.2) is 11.5 Å². The van der Waals surface area contributed by atoms with Crippen LogP contribution in [0.15, 0.2) is 49.6 Å². The standard InChI is InChI=1S/C19H17N5O7/c1-22-14(6-15(25)23(2)19(22)29)21-16(26)11-7-20-18(28)24(17(11)27)8-10-3-4-12-13(5-10)31-9-30-12/h3-7H,8-9H2,1-2H3,(H,20,28)(H,21,26). The molecule has 12 heteroatoms. The number of ether oxygens (including phenoxy) is 2. The molecule has 0 bridgehead atoms. The highest BCUT2D eigenvalue weighted by Gasteiger charge is 2.18. The zero-order valence-electron chi connectivity index (χ0n) is 16.5. The van der Waals surface area contributed by atoms with E-state index < -0.39 is 28.4 Å². The molecule has 0 spiro atoms. The average Bonchev–Trinajstić information content (AvgIpc) is 3.21. The Labute approximate surface area is 172 Å². The predicted molar refractivity (Wildman–Crippen MR) is 108 cm³/mol. The fourth-order valence-electron chi connectivity index (χ4n) is 3.08. The largest absolute Gasteiger partial charge is 0.454 e. The van der Waals surface area contributed by atoms with Gasteiger partial charge < -0.3 is 19.8 Å². The summed E-state index contributed by atoms with van der Waals surface area (Å²) in [7, 11) is 2.66. The Morgan fingerprint density at radius 1 is 1.06 bits per heavy atom. The number of fused-ring (bicyclic) bond motifs is 1. The first-order valence-corrected chi connectivity index (χ1v) is 9.05. The number of carbonyl (C=O) groups is 1. The molecule has 1 aliphatic heterocycles. The van der Waals surface area contributed by atoms with Crippen LogP contribution >= 0.6 is 0 Å². The van der Waals surface area contributed by atoms with E-state index in [1.807, 2.05) is 0 Å². The number of aromatic nitrogens is 4. The van der Waals surface area contributed by atoms with E-state index in [-0.39, 0.29) is 24.7 Å². The third-order valence-electron chi connectivity index (χ3n) is 4.85. The molecule has 0 saturated heterocycles. The highest BCUT2D eigenvalue weighted by atomic mass is 16.7. The van der Waals surface area contributed by atoms with Crippen molar-refractivity contribution in [3.8, 4) is 11.5 Å². The molecule has 0 atom stereocenters. The van der Waals surface area contributed by atoms with Crippen LogP contribution in [0.5, 0.6) is 11.5 Å². The molecule has 12 nitrogen and oxygen atoms in total. The van der Waals surface area contributed by atoms with Gasteiger partial charge in [0.05, 0.1) is 6.54 Å². The van der Waals surface area contributed by atoms with Crippen molar-refractivity contribution in [1.82, 2.24) is 18.7 Å². The summed E-state index contributed by atoms with van der Waals surface area (Å²) < 4.78 is 13.3. The number of aromatic amines is 1. The maximum absolute atomic E-state index is 12.8. The fourth-order valence-corrected chi connectivity index (χ4v) is 3.08. The number of amides is 1. The van der Waals surface area contributed by atoms with Crippen molar-refractivity contribution in [2.75, 3.05) is 12.1 Å². The smallest absolute Gasteiger partial charge is 0.332 e. The summed E-state index contributed by atoms with van der Waals surface area (Å²) in [6.07, 6.45) is 0.981. The Hall–Kier alpha value is -4.35. The van der Waals surface area contributed by atoms with Crippen LogP contribution in [0.2, 0.25) is 0 Å². The first-order chi connectivity index (χ1) is 14.8. The minimum Gasteiger partial charge on any atom is -0.454 e. The van der Waals surface area contributed by atoms with Crippen molar-refractivity contribution < 1.29 is 14.3 Å². The number of nitrogens with zero attached hydrogens (tertiary/aromatic N) is 3. The molecule has 160 valence electrons. The first-order valence-electron chi connectivity index (χ1n) is 9.05. The molecular weight excluding hydrogens is 410 g/mol. The lowest BCUT2D eigenvalue weighted by Crippen LogP contribution is -2.41. The number of carbonyl (C=O) groups excluding carboxylic acids is 1. The monoisotopic (exact) mass is 427 g/mol. The second-order valence-corrected chi connectivity index (χ2v) is 6.81. The van der Waals surface area contributed by atoms with Crippen LogP contribution in [0.25, 0.3) is 0 Å². The Bertz CT molecular complexity index is 1440. The Morgan fingerprint density at radius 2 is 1.81 bits per heavy atom. The fraction of sp³-hybridized carbons (Fsp3) is 0.211. The third-order valence-corrected chi connectivity index (χ3v) is 4.85. The maximum Gasteiger partial charge on any atom is 0.332 e. The number of H-pyrrole nitrogens is 1. The second kappa shape index (κ2) is 7.48. The van der Waals surface area contributed by atoms with Crippen LogP contribution in [0.3, 0.4) is 0 Å². The molecule has 31 heavy (non-hydrogen) atoms. The van der Waals surface area contributed by atoms with Crippen molar-refractivity contribution >= 4 is 11.7 Å². The van der Waals surface area contributed by atoms with Gasteiger partial charge in [-0.05, 0) is 17.7 Å². The highest BCUT2D eigenvalue weighted by Crippen LogP contribution is 2.32. The average molecular weight is 427 g/mol. The molecule has 3 aromatic rings. The Kier molecular flexibility index (Phi) is 4.81. The van der Waals surface area contributed by atoms with Gasteiger partial charge in [0, 0.05) is 26.4 Å². The van der Waals surface area contributed by atoms with Gasteiger partial charge in [-0.2, -0.15) is 0 Å². The number of rotatable bonds is 4. The molecule has 2 N–H and O–H groups in total. The van der Waals surface area contributed by atoms with Gasteiger partial charge in [0.25, 0.3) is 17.0 Å². The number of hydrogen-bond donors (Lipinski definition) is 2. The number of anilines is 1. The molecule has 0 radical (unpaired) electrons.